The van der Waals surface area contributed by atoms with Gasteiger partial charge < -0.3 is 4.42 Å². The van der Waals surface area contributed by atoms with Crippen LogP contribution in [0, 0.1) is 0 Å². The molecule has 4 nitrogen and oxygen atoms in total. The van der Waals surface area contributed by atoms with Crippen LogP contribution in [0.2, 0.25) is 0 Å². The Morgan fingerprint density at radius 1 is 0.273 bits per heavy atom. The summed E-state index contributed by atoms with van der Waals surface area (Å²) in [4.78, 5) is 15.6. The molecule has 0 N–H and O–H groups in total. The normalized spacial score (nSPS) is 11.3. The van der Waals surface area contributed by atoms with Crippen LogP contribution in [-0.4, -0.2) is 15.0 Å². The molecule has 4 heteroatoms. The molecule has 0 aliphatic heterocycles. The van der Waals surface area contributed by atoms with Crippen molar-refractivity contribution in [2.45, 2.75) is 0 Å². The van der Waals surface area contributed by atoms with Crippen molar-refractivity contribution in [1.82, 2.24) is 15.0 Å². The van der Waals surface area contributed by atoms with Crippen LogP contribution in [0.1, 0.15) is 0 Å². The Morgan fingerprint density at radius 2 is 0.709 bits per heavy atom. The molecule has 0 radical (unpaired) electrons. The van der Waals surface area contributed by atoms with Gasteiger partial charge in [0.15, 0.2) is 17.5 Å². The van der Waals surface area contributed by atoms with Crippen LogP contribution in [0.3, 0.4) is 0 Å². The molecule has 8 aromatic carbocycles. The van der Waals surface area contributed by atoms with E-state index < -0.39 is 0 Å². The SMILES string of the molecule is c1ccc(-c2ccc(-c3nc(-c4ccccc4)nc(-c4cc(-c5ccccc5)cc(-c5ccc6c(c5)oc5ccccc56)c4-c4ccccc4)n3)cc2)cc1. The summed E-state index contributed by atoms with van der Waals surface area (Å²) in [7, 11) is 0. The molecule has 258 valence electrons. The molecule has 55 heavy (non-hydrogen) atoms. The van der Waals surface area contributed by atoms with Gasteiger partial charge in [-0.15, -0.1) is 0 Å². The molecule has 10 aromatic rings. The summed E-state index contributed by atoms with van der Waals surface area (Å²) in [6, 6.07) is 69.3. The van der Waals surface area contributed by atoms with Crippen LogP contribution in [0.4, 0.5) is 0 Å². The third-order valence-electron chi connectivity index (χ3n) is 10.2. The van der Waals surface area contributed by atoms with Crippen LogP contribution in [-0.2, 0) is 0 Å². The number of benzene rings is 8. The molecule has 0 atom stereocenters. The van der Waals surface area contributed by atoms with Crippen LogP contribution in [0.5, 0.6) is 0 Å². The van der Waals surface area contributed by atoms with E-state index in [9.17, 15) is 0 Å². The van der Waals surface area contributed by atoms with Gasteiger partial charge in [0.1, 0.15) is 11.2 Å². The highest BCUT2D eigenvalue weighted by Gasteiger charge is 2.22. The van der Waals surface area contributed by atoms with Crippen molar-refractivity contribution in [2.75, 3.05) is 0 Å². The van der Waals surface area contributed by atoms with Crippen molar-refractivity contribution in [3.05, 3.63) is 200 Å². The minimum absolute atomic E-state index is 0.596. The molecule has 0 amide bonds. The lowest BCUT2D eigenvalue weighted by Crippen LogP contribution is -2.02. The summed E-state index contributed by atoms with van der Waals surface area (Å²) in [5, 5.41) is 2.20. The van der Waals surface area contributed by atoms with Gasteiger partial charge in [-0.1, -0.05) is 170 Å². The Kier molecular flexibility index (Phi) is 8.12. The predicted molar refractivity (Wildman–Crippen MR) is 225 cm³/mol. The minimum Gasteiger partial charge on any atom is -0.456 e. The molecule has 0 bridgehead atoms. The molecule has 0 unspecified atom stereocenters. The summed E-state index contributed by atoms with van der Waals surface area (Å²) in [5.41, 5.74) is 13.1. The maximum absolute atomic E-state index is 6.42. The Hall–Kier alpha value is -7.43. The van der Waals surface area contributed by atoms with E-state index in [0.717, 1.165) is 83.1 Å². The molecule has 0 fully saturated rings. The number of hydrogen-bond donors (Lipinski definition) is 0. The topological polar surface area (TPSA) is 51.8 Å². The average molecular weight is 704 g/mol. The lowest BCUT2D eigenvalue weighted by molar-refractivity contribution is 0.669. The molecule has 2 aromatic heterocycles. The van der Waals surface area contributed by atoms with Gasteiger partial charge in [0.25, 0.3) is 0 Å². The largest absolute Gasteiger partial charge is 0.456 e. The van der Waals surface area contributed by atoms with E-state index in [-0.39, 0.29) is 0 Å². The first-order valence-corrected chi connectivity index (χ1v) is 18.4. The van der Waals surface area contributed by atoms with Crippen molar-refractivity contribution in [1.29, 1.82) is 0 Å². The molecular formula is C51H33N3O. The van der Waals surface area contributed by atoms with Gasteiger partial charge in [0.05, 0.1) is 0 Å². The van der Waals surface area contributed by atoms with E-state index in [0.29, 0.717) is 17.5 Å². The highest BCUT2D eigenvalue weighted by molar-refractivity contribution is 6.07. The second-order valence-corrected chi connectivity index (χ2v) is 13.6. The van der Waals surface area contributed by atoms with Crippen LogP contribution in [0.25, 0.3) is 101 Å². The van der Waals surface area contributed by atoms with Crippen molar-refractivity contribution in [3.8, 4) is 78.7 Å². The zero-order chi connectivity index (χ0) is 36.6. The number of nitrogens with zero attached hydrogens (tertiary/aromatic N) is 3. The number of hydrogen-bond acceptors (Lipinski definition) is 4. The number of furan rings is 1. The van der Waals surface area contributed by atoms with Crippen molar-refractivity contribution < 1.29 is 4.42 Å². The standard InChI is InChI=1S/C51H33N3O/c1-5-15-34(16-6-1)36-25-27-39(28-26-36)50-52-49(38-21-11-4-12-22-38)53-51(54-50)45-32-41(35-17-7-2-8-18-35)31-44(48(45)37-19-9-3-10-20-37)40-29-30-43-42-23-13-14-24-46(42)55-47(43)33-40/h1-33H. The van der Waals surface area contributed by atoms with E-state index >= 15 is 0 Å². The van der Waals surface area contributed by atoms with Gasteiger partial charge >= 0.3 is 0 Å². The number of para-hydroxylation sites is 1. The summed E-state index contributed by atoms with van der Waals surface area (Å²) >= 11 is 0. The summed E-state index contributed by atoms with van der Waals surface area (Å²) in [6.45, 7) is 0. The fraction of sp³-hybridized carbons (Fsp3) is 0. The highest BCUT2D eigenvalue weighted by atomic mass is 16.3. The van der Waals surface area contributed by atoms with Crippen LogP contribution >= 0.6 is 0 Å². The first-order chi connectivity index (χ1) is 27.2. The average Bonchev–Trinajstić information content (AvgIpc) is 3.65. The monoisotopic (exact) mass is 703 g/mol. The Morgan fingerprint density at radius 3 is 1.36 bits per heavy atom. The molecular weight excluding hydrogens is 671 g/mol. The number of aromatic nitrogens is 3. The van der Waals surface area contributed by atoms with Gasteiger partial charge in [-0.05, 0) is 69.3 Å². The summed E-state index contributed by atoms with van der Waals surface area (Å²) in [6.07, 6.45) is 0. The number of fused-ring (bicyclic) bond motifs is 3. The third kappa shape index (κ3) is 6.16. The molecule has 0 aliphatic carbocycles. The quantitative estimate of drug-likeness (QED) is 0.166. The van der Waals surface area contributed by atoms with Gasteiger partial charge in [-0.2, -0.15) is 0 Å². The molecule has 0 spiro atoms. The zero-order valence-corrected chi connectivity index (χ0v) is 29.8. The molecule has 0 saturated heterocycles. The Labute approximate surface area is 319 Å². The second kappa shape index (κ2) is 13.8. The first kappa shape index (κ1) is 32.2. The highest BCUT2D eigenvalue weighted by Crippen LogP contribution is 2.44. The van der Waals surface area contributed by atoms with E-state index in [4.69, 9.17) is 19.4 Å². The summed E-state index contributed by atoms with van der Waals surface area (Å²) < 4.78 is 6.42. The Bertz CT molecular complexity index is 2940. The van der Waals surface area contributed by atoms with Crippen LogP contribution in [0.15, 0.2) is 205 Å². The molecule has 0 saturated carbocycles. The molecule has 10 rings (SSSR count). The van der Waals surface area contributed by atoms with Gasteiger partial charge in [-0.25, -0.2) is 15.0 Å². The minimum atomic E-state index is 0.596. The zero-order valence-electron chi connectivity index (χ0n) is 29.8. The lowest BCUT2D eigenvalue weighted by Gasteiger charge is -2.19. The van der Waals surface area contributed by atoms with Gasteiger partial charge in [0.2, 0.25) is 0 Å². The van der Waals surface area contributed by atoms with E-state index in [1.165, 1.54) is 0 Å². The lowest BCUT2D eigenvalue weighted by atomic mass is 9.86. The van der Waals surface area contributed by atoms with Crippen molar-refractivity contribution >= 4 is 21.9 Å². The maximum atomic E-state index is 6.42. The van der Waals surface area contributed by atoms with Gasteiger partial charge in [-0.3, -0.25) is 0 Å². The van der Waals surface area contributed by atoms with Crippen LogP contribution < -0.4 is 0 Å². The van der Waals surface area contributed by atoms with Crippen molar-refractivity contribution in [3.63, 3.8) is 0 Å². The van der Waals surface area contributed by atoms with Crippen molar-refractivity contribution in [2.24, 2.45) is 0 Å². The van der Waals surface area contributed by atoms with Gasteiger partial charge in [0, 0.05) is 33.0 Å². The fourth-order valence-electron chi connectivity index (χ4n) is 7.44. The maximum Gasteiger partial charge on any atom is 0.164 e. The first-order valence-electron chi connectivity index (χ1n) is 18.4. The predicted octanol–water partition coefficient (Wildman–Crippen LogP) is 13.4. The van der Waals surface area contributed by atoms with E-state index in [1.54, 1.807) is 0 Å². The van der Waals surface area contributed by atoms with E-state index in [2.05, 4.69) is 146 Å². The number of rotatable bonds is 7. The third-order valence-corrected chi connectivity index (χ3v) is 10.2. The molecule has 2 heterocycles. The summed E-state index contributed by atoms with van der Waals surface area (Å²) in [5.74, 6) is 1.82. The van der Waals surface area contributed by atoms with E-state index in [1.807, 2.05) is 54.6 Å². The fourth-order valence-corrected chi connectivity index (χ4v) is 7.44. The Balaban J connectivity index is 1.24. The second-order valence-electron chi connectivity index (χ2n) is 13.6. The molecule has 0 aliphatic rings. The smallest absolute Gasteiger partial charge is 0.164 e.